The van der Waals surface area contributed by atoms with Gasteiger partial charge < -0.3 is 0 Å². The average molecular weight is 459 g/mol. The molecule has 36 heavy (non-hydrogen) atoms. The smallest absolute Gasteiger partial charge is 0.0105 e. The molecule has 0 N–H and O–H groups in total. The van der Waals surface area contributed by atoms with Gasteiger partial charge in [0.05, 0.1) is 0 Å². The molecule has 1 atom stereocenters. The van der Waals surface area contributed by atoms with E-state index in [0.717, 1.165) is 19.3 Å². The third kappa shape index (κ3) is 2.88. The Bertz CT molecular complexity index is 1870. The Balaban J connectivity index is 1.26. The summed E-state index contributed by atoms with van der Waals surface area (Å²) in [6.45, 7) is 0. The average Bonchev–Trinajstić information content (AvgIpc) is 3.41. The number of rotatable bonds is 3. The summed E-state index contributed by atoms with van der Waals surface area (Å²) >= 11 is 0. The molecule has 170 valence electrons. The van der Waals surface area contributed by atoms with Crippen molar-refractivity contribution < 1.29 is 0 Å². The van der Waals surface area contributed by atoms with Crippen LogP contribution in [0.25, 0.3) is 44.7 Å². The highest BCUT2D eigenvalue weighted by Gasteiger charge is 2.30. The molecule has 0 fully saturated rings. The minimum Gasteiger partial charge on any atom is -0.0801 e. The van der Waals surface area contributed by atoms with Crippen molar-refractivity contribution in [2.75, 3.05) is 0 Å². The zero-order chi connectivity index (χ0) is 23.6. The van der Waals surface area contributed by atoms with E-state index in [2.05, 4.69) is 115 Å². The van der Waals surface area contributed by atoms with Gasteiger partial charge in [-0.1, -0.05) is 91.0 Å². The molecule has 0 saturated carbocycles. The van der Waals surface area contributed by atoms with Gasteiger partial charge in [-0.15, -0.1) is 0 Å². The molecule has 3 aliphatic rings. The summed E-state index contributed by atoms with van der Waals surface area (Å²) in [6, 6.07) is 36.6. The number of hydrogen-bond donors (Lipinski definition) is 0. The normalized spacial score (nSPS) is 16.2. The van der Waals surface area contributed by atoms with Crippen molar-refractivity contribution in [1.29, 1.82) is 0 Å². The van der Waals surface area contributed by atoms with Crippen molar-refractivity contribution in [3.8, 4) is 22.3 Å². The Morgan fingerprint density at radius 2 is 1.36 bits per heavy atom. The minimum atomic E-state index is 0.429. The molecule has 0 bridgehead atoms. The van der Waals surface area contributed by atoms with Crippen molar-refractivity contribution >= 4 is 22.4 Å². The highest BCUT2D eigenvalue weighted by molar-refractivity contribution is 5.93. The summed E-state index contributed by atoms with van der Waals surface area (Å²) in [5.41, 5.74) is 13.0. The second-order valence-electron chi connectivity index (χ2n) is 10.4. The number of fused-ring (bicyclic) bond motifs is 8. The Labute approximate surface area is 211 Å². The largest absolute Gasteiger partial charge is 0.0801 e. The van der Waals surface area contributed by atoms with E-state index in [0.29, 0.717) is 5.92 Å². The van der Waals surface area contributed by atoms with Crippen LogP contribution >= 0.6 is 0 Å². The summed E-state index contributed by atoms with van der Waals surface area (Å²) < 4.78 is 0. The van der Waals surface area contributed by atoms with Gasteiger partial charge in [-0.05, 0) is 115 Å². The molecule has 0 radical (unpaired) electrons. The molecule has 0 aromatic heterocycles. The minimum absolute atomic E-state index is 0.429. The van der Waals surface area contributed by atoms with E-state index in [9.17, 15) is 0 Å². The Kier molecular flexibility index (Phi) is 4.28. The lowest BCUT2D eigenvalue weighted by atomic mass is 9.88. The van der Waals surface area contributed by atoms with Crippen LogP contribution in [-0.4, -0.2) is 0 Å². The van der Waals surface area contributed by atoms with Crippen LogP contribution in [0.15, 0.2) is 109 Å². The number of benzene rings is 5. The highest BCUT2D eigenvalue weighted by Crippen LogP contribution is 2.49. The standard InChI is InChI=1S/C36H26/c1-3-11-25-21-35-31(27-13-5-7-15-29(27)33(35)19-23(25)9-1)17-18-32-28-14-6-8-16-30(28)34-20-24-10-2-4-12-26(24)22-36(32)34/h1-11,13-16,19-22,31H,12,17-18H2. The first kappa shape index (κ1) is 20.1. The molecule has 5 aromatic carbocycles. The van der Waals surface area contributed by atoms with Crippen molar-refractivity contribution in [2.24, 2.45) is 0 Å². The fourth-order valence-electron chi connectivity index (χ4n) is 6.82. The molecule has 1 unspecified atom stereocenters. The van der Waals surface area contributed by atoms with Crippen LogP contribution in [0, 0.1) is 0 Å². The SMILES string of the molecule is C1=CCc2cc3c(cc2=C1)-c1ccccc1C=3CCC1c2ccccc2-c2cc3ccccc3cc21. The Morgan fingerprint density at radius 3 is 2.25 bits per heavy atom. The molecule has 0 heteroatoms. The van der Waals surface area contributed by atoms with Gasteiger partial charge in [0, 0.05) is 5.92 Å². The summed E-state index contributed by atoms with van der Waals surface area (Å²) in [6.07, 6.45) is 9.95. The van der Waals surface area contributed by atoms with E-state index in [4.69, 9.17) is 0 Å². The second-order valence-corrected chi connectivity index (χ2v) is 10.4. The maximum atomic E-state index is 2.48. The van der Waals surface area contributed by atoms with Gasteiger partial charge >= 0.3 is 0 Å². The molecule has 8 rings (SSSR count). The summed E-state index contributed by atoms with van der Waals surface area (Å²) in [7, 11) is 0. The van der Waals surface area contributed by atoms with Crippen LogP contribution in [-0.2, 0) is 6.42 Å². The maximum absolute atomic E-state index is 2.48. The van der Waals surface area contributed by atoms with Gasteiger partial charge in [-0.25, -0.2) is 0 Å². The lowest BCUT2D eigenvalue weighted by Crippen LogP contribution is -2.18. The fourth-order valence-corrected chi connectivity index (χ4v) is 6.82. The summed E-state index contributed by atoms with van der Waals surface area (Å²) in [5.74, 6) is 0.429. The van der Waals surface area contributed by atoms with Gasteiger partial charge in [0.25, 0.3) is 0 Å². The predicted molar refractivity (Wildman–Crippen MR) is 151 cm³/mol. The zero-order valence-electron chi connectivity index (χ0n) is 20.2. The van der Waals surface area contributed by atoms with E-state index >= 15 is 0 Å². The molecule has 0 saturated heterocycles. The molecule has 0 aliphatic heterocycles. The van der Waals surface area contributed by atoms with Crippen LogP contribution in [0.2, 0.25) is 0 Å². The fraction of sp³-hybridized carbons (Fsp3) is 0.111. The Hall–Kier alpha value is -4.16. The van der Waals surface area contributed by atoms with E-state index in [1.54, 1.807) is 0 Å². The molecular weight excluding hydrogens is 432 g/mol. The number of hydrogen-bond acceptors (Lipinski definition) is 0. The van der Waals surface area contributed by atoms with Crippen LogP contribution in [0.5, 0.6) is 0 Å². The van der Waals surface area contributed by atoms with Crippen molar-refractivity contribution in [3.63, 3.8) is 0 Å². The molecule has 0 nitrogen and oxygen atoms in total. The first-order valence-electron chi connectivity index (χ1n) is 13.1. The Morgan fingerprint density at radius 1 is 0.611 bits per heavy atom. The molecule has 5 aromatic rings. The van der Waals surface area contributed by atoms with Crippen LogP contribution < -0.4 is 10.4 Å². The quantitative estimate of drug-likeness (QED) is 0.262. The zero-order valence-corrected chi connectivity index (χ0v) is 20.2. The van der Waals surface area contributed by atoms with Crippen molar-refractivity contribution in [1.82, 2.24) is 0 Å². The van der Waals surface area contributed by atoms with Gasteiger partial charge in [0.15, 0.2) is 0 Å². The third-order valence-electron chi connectivity index (χ3n) is 8.50. The van der Waals surface area contributed by atoms with Crippen molar-refractivity contribution in [3.05, 3.63) is 142 Å². The number of allylic oxidation sites excluding steroid dienone is 2. The molecular formula is C36H26. The highest BCUT2D eigenvalue weighted by atomic mass is 14.3. The molecule has 0 amide bonds. The van der Waals surface area contributed by atoms with Gasteiger partial charge in [-0.3, -0.25) is 0 Å². The summed E-state index contributed by atoms with van der Waals surface area (Å²) in [4.78, 5) is 0. The topological polar surface area (TPSA) is 0 Å². The lowest BCUT2D eigenvalue weighted by molar-refractivity contribution is 0.751. The van der Waals surface area contributed by atoms with Gasteiger partial charge in [0.1, 0.15) is 0 Å². The molecule has 0 heterocycles. The van der Waals surface area contributed by atoms with Crippen molar-refractivity contribution in [2.45, 2.75) is 25.2 Å². The van der Waals surface area contributed by atoms with E-state index < -0.39 is 0 Å². The molecule has 3 aliphatic carbocycles. The van der Waals surface area contributed by atoms with Crippen LogP contribution in [0.1, 0.15) is 41.0 Å². The first-order valence-corrected chi connectivity index (χ1v) is 13.1. The lowest BCUT2D eigenvalue weighted by Gasteiger charge is -2.15. The monoisotopic (exact) mass is 458 g/mol. The van der Waals surface area contributed by atoms with E-state index in [1.165, 1.54) is 71.3 Å². The summed E-state index contributed by atoms with van der Waals surface area (Å²) in [5, 5.41) is 5.49. The van der Waals surface area contributed by atoms with Gasteiger partial charge in [0.2, 0.25) is 0 Å². The first-order chi connectivity index (χ1) is 17.8. The van der Waals surface area contributed by atoms with Crippen LogP contribution in [0.4, 0.5) is 0 Å². The third-order valence-corrected chi connectivity index (χ3v) is 8.50. The van der Waals surface area contributed by atoms with E-state index in [1.807, 2.05) is 0 Å². The second kappa shape index (κ2) is 7.67. The predicted octanol–water partition coefficient (Wildman–Crippen LogP) is 7.50. The van der Waals surface area contributed by atoms with Gasteiger partial charge in [-0.2, -0.15) is 0 Å². The molecule has 0 spiro atoms. The maximum Gasteiger partial charge on any atom is 0.0105 e. The van der Waals surface area contributed by atoms with E-state index in [-0.39, 0.29) is 0 Å². The van der Waals surface area contributed by atoms with Crippen LogP contribution in [0.3, 0.4) is 0 Å².